The number of nitrogens with zero attached hydrogens (tertiary/aromatic N) is 2. The van der Waals surface area contributed by atoms with E-state index in [0.29, 0.717) is 25.0 Å². The first kappa shape index (κ1) is 15.4. The molecular formula is C15H21FN4O. The van der Waals surface area contributed by atoms with Crippen molar-refractivity contribution in [1.29, 1.82) is 0 Å². The lowest BCUT2D eigenvalue weighted by Gasteiger charge is -2.11. The number of rotatable bonds is 6. The van der Waals surface area contributed by atoms with Crippen molar-refractivity contribution >= 4 is 16.9 Å². The third-order valence-corrected chi connectivity index (χ3v) is 3.54. The Morgan fingerprint density at radius 1 is 1.48 bits per heavy atom. The van der Waals surface area contributed by atoms with E-state index in [1.807, 2.05) is 25.6 Å². The van der Waals surface area contributed by atoms with Gasteiger partial charge >= 0.3 is 0 Å². The molecule has 0 saturated carbocycles. The Kier molecular flexibility index (Phi) is 4.90. The Bertz CT molecular complexity index is 638. The molecule has 1 heterocycles. The molecule has 1 amide bonds. The summed E-state index contributed by atoms with van der Waals surface area (Å²) in [5.74, 6) is 0.497. The standard InChI is InChI=1S/C15H21FN4O/c1-10(9-17-2)15(21)18-7-6-14-19-12-8-11(16)4-5-13(12)20(14)3/h4-5,8,10,17H,6-7,9H2,1-3H3,(H,18,21). The molecule has 1 aromatic carbocycles. The largest absolute Gasteiger partial charge is 0.355 e. The second-order valence-corrected chi connectivity index (χ2v) is 5.22. The first-order chi connectivity index (χ1) is 10.0. The Morgan fingerprint density at radius 2 is 2.24 bits per heavy atom. The maximum absolute atomic E-state index is 13.2. The average molecular weight is 292 g/mol. The van der Waals surface area contributed by atoms with Gasteiger partial charge in [0.05, 0.1) is 11.0 Å². The van der Waals surface area contributed by atoms with Gasteiger partial charge in [0.1, 0.15) is 11.6 Å². The molecule has 0 radical (unpaired) electrons. The summed E-state index contributed by atoms with van der Waals surface area (Å²) in [7, 11) is 3.72. The molecule has 2 aromatic rings. The van der Waals surface area contributed by atoms with Gasteiger partial charge in [-0.1, -0.05) is 6.92 Å². The molecule has 0 saturated heterocycles. The number of amides is 1. The summed E-state index contributed by atoms with van der Waals surface area (Å²) < 4.78 is 15.1. The lowest BCUT2D eigenvalue weighted by Crippen LogP contribution is -2.35. The van der Waals surface area contributed by atoms with Crippen molar-refractivity contribution < 1.29 is 9.18 Å². The highest BCUT2D eigenvalue weighted by molar-refractivity contribution is 5.78. The maximum Gasteiger partial charge on any atom is 0.224 e. The van der Waals surface area contributed by atoms with Crippen LogP contribution >= 0.6 is 0 Å². The Labute approximate surface area is 123 Å². The predicted octanol–water partition coefficient (Wildman–Crippen LogP) is 1.23. The zero-order chi connectivity index (χ0) is 15.4. The number of aromatic nitrogens is 2. The molecule has 0 bridgehead atoms. The highest BCUT2D eigenvalue weighted by atomic mass is 19.1. The smallest absolute Gasteiger partial charge is 0.224 e. The van der Waals surface area contributed by atoms with Gasteiger partial charge < -0.3 is 15.2 Å². The normalized spacial score (nSPS) is 12.6. The van der Waals surface area contributed by atoms with Gasteiger partial charge in [0.25, 0.3) is 0 Å². The molecule has 114 valence electrons. The Balaban J connectivity index is 1.98. The van der Waals surface area contributed by atoms with E-state index >= 15 is 0 Å². The SMILES string of the molecule is CNCC(C)C(=O)NCCc1nc2cc(F)ccc2n1C. The van der Waals surface area contributed by atoms with Gasteiger partial charge in [0, 0.05) is 38.5 Å². The molecule has 0 aliphatic carbocycles. The molecule has 21 heavy (non-hydrogen) atoms. The molecule has 2 rings (SSSR count). The highest BCUT2D eigenvalue weighted by Crippen LogP contribution is 2.16. The number of aryl methyl sites for hydroxylation is 1. The number of nitrogens with one attached hydrogen (secondary N) is 2. The van der Waals surface area contributed by atoms with Crippen molar-refractivity contribution in [2.45, 2.75) is 13.3 Å². The third-order valence-electron chi connectivity index (χ3n) is 3.54. The van der Waals surface area contributed by atoms with Gasteiger partial charge in [0.15, 0.2) is 0 Å². The molecule has 0 fully saturated rings. The summed E-state index contributed by atoms with van der Waals surface area (Å²) in [5.41, 5.74) is 1.53. The first-order valence-electron chi connectivity index (χ1n) is 7.06. The van der Waals surface area contributed by atoms with Crippen LogP contribution < -0.4 is 10.6 Å². The van der Waals surface area contributed by atoms with Crippen LogP contribution in [0.5, 0.6) is 0 Å². The van der Waals surface area contributed by atoms with E-state index in [-0.39, 0.29) is 17.6 Å². The fourth-order valence-corrected chi connectivity index (χ4v) is 2.32. The minimum Gasteiger partial charge on any atom is -0.355 e. The summed E-state index contributed by atoms with van der Waals surface area (Å²) in [4.78, 5) is 16.2. The summed E-state index contributed by atoms with van der Waals surface area (Å²) in [6.45, 7) is 3.05. The van der Waals surface area contributed by atoms with Crippen molar-refractivity contribution in [1.82, 2.24) is 20.2 Å². The number of carbonyl (C=O) groups is 1. The van der Waals surface area contributed by atoms with Crippen LogP contribution in [0.2, 0.25) is 0 Å². The van der Waals surface area contributed by atoms with Gasteiger partial charge in [-0.25, -0.2) is 9.37 Å². The summed E-state index contributed by atoms with van der Waals surface area (Å²) in [6.07, 6.45) is 0.616. The number of hydrogen-bond donors (Lipinski definition) is 2. The van der Waals surface area contributed by atoms with Crippen LogP contribution in [0.25, 0.3) is 11.0 Å². The average Bonchev–Trinajstić information content (AvgIpc) is 2.75. The maximum atomic E-state index is 13.2. The lowest BCUT2D eigenvalue weighted by atomic mass is 10.1. The van der Waals surface area contributed by atoms with E-state index < -0.39 is 0 Å². The van der Waals surface area contributed by atoms with Crippen LogP contribution in [0, 0.1) is 11.7 Å². The van der Waals surface area contributed by atoms with E-state index in [0.717, 1.165) is 11.3 Å². The molecule has 1 aromatic heterocycles. The second kappa shape index (κ2) is 6.67. The Morgan fingerprint density at radius 3 is 2.95 bits per heavy atom. The zero-order valence-electron chi connectivity index (χ0n) is 12.6. The summed E-state index contributed by atoms with van der Waals surface area (Å²) in [5, 5.41) is 5.87. The fourth-order valence-electron chi connectivity index (χ4n) is 2.32. The molecule has 6 heteroatoms. The third kappa shape index (κ3) is 3.58. The van der Waals surface area contributed by atoms with Crippen LogP contribution in [0.4, 0.5) is 4.39 Å². The van der Waals surface area contributed by atoms with E-state index in [2.05, 4.69) is 15.6 Å². The molecule has 0 aliphatic heterocycles. The second-order valence-electron chi connectivity index (χ2n) is 5.22. The summed E-state index contributed by atoms with van der Waals surface area (Å²) in [6, 6.07) is 4.57. The van der Waals surface area contributed by atoms with Crippen molar-refractivity contribution in [3.8, 4) is 0 Å². The minimum atomic E-state index is -0.290. The first-order valence-corrected chi connectivity index (χ1v) is 7.06. The molecule has 1 unspecified atom stereocenters. The van der Waals surface area contributed by atoms with Crippen molar-refractivity contribution in [2.24, 2.45) is 13.0 Å². The zero-order valence-corrected chi connectivity index (χ0v) is 12.6. The fraction of sp³-hybridized carbons (Fsp3) is 0.467. The number of hydrogen-bond acceptors (Lipinski definition) is 3. The molecule has 5 nitrogen and oxygen atoms in total. The number of carbonyl (C=O) groups excluding carboxylic acids is 1. The van der Waals surface area contributed by atoms with Crippen molar-refractivity contribution in [3.63, 3.8) is 0 Å². The van der Waals surface area contributed by atoms with Crippen molar-refractivity contribution in [3.05, 3.63) is 29.8 Å². The van der Waals surface area contributed by atoms with E-state index in [1.54, 1.807) is 6.07 Å². The molecule has 0 spiro atoms. The van der Waals surface area contributed by atoms with Gasteiger partial charge in [-0.05, 0) is 19.2 Å². The van der Waals surface area contributed by atoms with Crippen LogP contribution in [0.1, 0.15) is 12.7 Å². The number of halogens is 1. The number of benzene rings is 1. The monoisotopic (exact) mass is 292 g/mol. The molecule has 1 atom stereocenters. The van der Waals surface area contributed by atoms with Crippen LogP contribution in [-0.2, 0) is 18.3 Å². The van der Waals surface area contributed by atoms with Crippen molar-refractivity contribution in [2.75, 3.05) is 20.1 Å². The predicted molar refractivity (Wildman–Crippen MR) is 80.5 cm³/mol. The Hall–Kier alpha value is -1.95. The van der Waals surface area contributed by atoms with E-state index in [4.69, 9.17) is 0 Å². The quantitative estimate of drug-likeness (QED) is 0.842. The molecule has 2 N–H and O–H groups in total. The highest BCUT2D eigenvalue weighted by Gasteiger charge is 2.12. The number of imidazole rings is 1. The van der Waals surface area contributed by atoms with E-state index in [9.17, 15) is 9.18 Å². The molecular weight excluding hydrogens is 271 g/mol. The van der Waals surface area contributed by atoms with Gasteiger partial charge in [-0.2, -0.15) is 0 Å². The molecule has 0 aliphatic rings. The summed E-state index contributed by atoms with van der Waals surface area (Å²) >= 11 is 0. The van der Waals surface area contributed by atoms with Gasteiger partial charge in [-0.3, -0.25) is 4.79 Å². The topological polar surface area (TPSA) is 59.0 Å². The minimum absolute atomic E-state index is 0.0224. The van der Waals surface area contributed by atoms with Crippen LogP contribution in [0.3, 0.4) is 0 Å². The van der Waals surface area contributed by atoms with Crippen LogP contribution in [0.15, 0.2) is 18.2 Å². The van der Waals surface area contributed by atoms with E-state index in [1.165, 1.54) is 12.1 Å². The van der Waals surface area contributed by atoms with Gasteiger partial charge in [-0.15, -0.1) is 0 Å². The number of fused-ring (bicyclic) bond motifs is 1. The van der Waals surface area contributed by atoms with Gasteiger partial charge in [0.2, 0.25) is 5.91 Å². The van der Waals surface area contributed by atoms with Crippen LogP contribution in [-0.4, -0.2) is 35.6 Å². The lowest BCUT2D eigenvalue weighted by molar-refractivity contribution is -0.124.